The van der Waals surface area contributed by atoms with Gasteiger partial charge in [0.25, 0.3) is 5.91 Å². The van der Waals surface area contributed by atoms with Crippen LogP contribution in [0.15, 0.2) is 54.7 Å². The van der Waals surface area contributed by atoms with E-state index in [0.29, 0.717) is 58.0 Å². The van der Waals surface area contributed by atoms with Crippen molar-refractivity contribution in [2.75, 3.05) is 40.5 Å². The highest BCUT2D eigenvalue weighted by Gasteiger charge is 2.24. The van der Waals surface area contributed by atoms with Crippen LogP contribution in [0, 0.1) is 17.6 Å². The number of aromatic nitrogens is 2. The van der Waals surface area contributed by atoms with Crippen LogP contribution in [0.4, 0.5) is 8.78 Å². The van der Waals surface area contributed by atoms with Gasteiger partial charge in [0.2, 0.25) is 0 Å². The largest absolute Gasteiger partial charge is 0.472 e. The molecule has 0 radical (unpaired) electrons. The van der Waals surface area contributed by atoms with Crippen LogP contribution < -0.4 is 20.1 Å². The van der Waals surface area contributed by atoms with E-state index in [4.69, 9.17) is 19.3 Å². The van der Waals surface area contributed by atoms with Crippen molar-refractivity contribution in [1.82, 2.24) is 20.4 Å². The highest BCUT2D eigenvalue weighted by molar-refractivity contribution is 7.46. The molecule has 5 N–H and O–H groups in total. The SMILES string of the molecule is CC(C)Cn1ncc2cc(Oc3ccc(F)cc3F)c(C(=O)NCC[N+](C)(C)Cc3cc(C(O)CNC(C)(C)C)ccc3OCOP(=O)(O)O)cc21. The molecule has 0 aliphatic heterocycles. The van der Waals surface area contributed by atoms with Gasteiger partial charge in [-0.3, -0.25) is 9.48 Å². The third kappa shape index (κ3) is 12.1. The number of carbonyl (C=O) groups is 1. The minimum absolute atomic E-state index is 0.0731. The fourth-order valence-corrected chi connectivity index (χ4v) is 5.58. The third-order valence-corrected chi connectivity index (χ3v) is 8.41. The molecule has 13 nitrogen and oxygen atoms in total. The van der Waals surface area contributed by atoms with Gasteiger partial charge in [0.05, 0.1) is 50.6 Å². The number of nitrogens with zero attached hydrogens (tertiary/aromatic N) is 3. The Morgan fingerprint density at radius 2 is 1.75 bits per heavy atom. The lowest BCUT2D eigenvalue weighted by Crippen LogP contribution is -2.44. The molecule has 1 amide bonds. The van der Waals surface area contributed by atoms with E-state index in [1.165, 1.54) is 0 Å². The Labute approximate surface area is 302 Å². The Morgan fingerprint density at radius 1 is 1.04 bits per heavy atom. The van der Waals surface area contributed by atoms with Crippen LogP contribution >= 0.6 is 7.82 Å². The molecule has 284 valence electrons. The second kappa shape index (κ2) is 16.8. The Kier molecular flexibility index (Phi) is 13.2. The van der Waals surface area contributed by atoms with E-state index in [1.54, 1.807) is 41.2 Å². The molecule has 52 heavy (non-hydrogen) atoms. The number of β-amino-alcohol motifs (C(OH)–C–C–N with tert-alkyl or cyclic N) is 1. The molecule has 0 fully saturated rings. The molecule has 4 rings (SSSR count). The van der Waals surface area contributed by atoms with Gasteiger partial charge < -0.3 is 39.5 Å². The number of likely N-dealkylation sites (N-methyl/N-ethyl adjacent to an activating group) is 1. The van der Waals surface area contributed by atoms with Crippen molar-refractivity contribution in [2.24, 2.45) is 5.92 Å². The number of hydrogen-bond donors (Lipinski definition) is 5. The van der Waals surface area contributed by atoms with E-state index in [9.17, 15) is 23.2 Å². The van der Waals surface area contributed by atoms with Crippen molar-refractivity contribution >= 4 is 24.6 Å². The molecule has 1 unspecified atom stereocenters. The summed E-state index contributed by atoms with van der Waals surface area (Å²) in [6, 6.07) is 11.2. The van der Waals surface area contributed by atoms with Gasteiger partial charge in [0.15, 0.2) is 18.4 Å². The second-order valence-corrected chi connectivity index (χ2v) is 16.0. The Morgan fingerprint density at radius 3 is 2.40 bits per heavy atom. The summed E-state index contributed by atoms with van der Waals surface area (Å²) in [5.74, 6) is -1.74. The van der Waals surface area contributed by atoms with E-state index in [-0.39, 0.29) is 41.6 Å². The normalized spacial score (nSPS) is 13.1. The van der Waals surface area contributed by atoms with Gasteiger partial charge in [0.1, 0.15) is 23.9 Å². The average Bonchev–Trinajstić information content (AvgIpc) is 3.40. The number of halogens is 2. The molecule has 3 aromatic carbocycles. The predicted molar refractivity (Wildman–Crippen MR) is 192 cm³/mol. The quantitative estimate of drug-likeness (QED) is 0.0519. The summed E-state index contributed by atoms with van der Waals surface area (Å²) >= 11 is 0. The lowest BCUT2D eigenvalue weighted by atomic mass is 10.0. The van der Waals surface area contributed by atoms with Crippen molar-refractivity contribution in [3.63, 3.8) is 0 Å². The van der Waals surface area contributed by atoms with E-state index >= 15 is 0 Å². The molecule has 1 atom stereocenters. The maximum Gasteiger partial charge on any atom is 0.472 e. The zero-order valence-corrected chi connectivity index (χ0v) is 31.4. The number of phosphoric acid groups is 1. The second-order valence-electron chi connectivity index (χ2n) is 14.8. The Hall–Kier alpha value is -3.95. The molecule has 0 spiro atoms. The summed E-state index contributed by atoms with van der Waals surface area (Å²) in [6.45, 7) is 11.2. The molecule has 16 heteroatoms. The van der Waals surface area contributed by atoms with Crippen LogP contribution in [0.3, 0.4) is 0 Å². The van der Waals surface area contributed by atoms with E-state index in [1.807, 2.05) is 48.7 Å². The smallest absolute Gasteiger partial charge is 0.466 e. The number of nitrogens with one attached hydrogen (secondary N) is 2. The minimum Gasteiger partial charge on any atom is -0.466 e. The topological polar surface area (TPSA) is 164 Å². The Bertz CT molecular complexity index is 1910. The number of benzene rings is 3. The van der Waals surface area contributed by atoms with Crippen LogP contribution in [0.5, 0.6) is 17.2 Å². The van der Waals surface area contributed by atoms with Crippen LogP contribution in [0.2, 0.25) is 0 Å². The summed E-state index contributed by atoms with van der Waals surface area (Å²) in [5.41, 5.74) is 1.86. The monoisotopic (exact) mass is 748 g/mol. The maximum absolute atomic E-state index is 14.6. The van der Waals surface area contributed by atoms with Crippen molar-refractivity contribution < 1.29 is 51.5 Å². The number of aliphatic hydroxyl groups is 1. The molecular formula is C36H49F2N5O8P+. The minimum atomic E-state index is -4.77. The first-order chi connectivity index (χ1) is 24.2. The molecule has 1 aromatic heterocycles. The predicted octanol–water partition coefficient (Wildman–Crippen LogP) is 5.64. The van der Waals surface area contributed by atoms with E-state index < -0.39 is 38.3 Å². The van der Waals surface area contributed by atoms with Gasteiger partial charge in [-0.1, -0.05) is 19.9 Å². The fourth-order valence-electron chi connectivity index (χ4n) is 5.39. The van der Waals surface area contributed by atoms with E-state index in [2.05, 4.69) is 20.3 Å². The summed E-state index contributed by atoms with van der Waals surface area (Å²) in [5, 5.41) is 22.2. The van der Waals surface area contributed by atoms with E-state index in [0.717, 1.165) is 12.1 Å². The van der Waals surface area contributed by atoms with Crippen molar-refractivity contribution in [3.05, 3.63) is 83.1 Å². The highest BCUT2D eigenvalue weighted by atomic mass is 31.2. The van der Waals surface area contributed by atoms with Gasteiger partial charge in [0, 0.05) is 35.6 Å². The fraction of sp³-hybridized carbons (Fsp3) is 0.444. The maximum atomic E-state index is 14.6. The number of ether oxygens (including phenoxy) is 2. The summed E-state index contributed by atoms with van der Waals surface area (Å²) in [4.78, 5) is 31.9. The van der Waals surface area contributed by atoms with Crippen LogP contribution in [0.25, 0.3) is 10.9 Å². The number of fused-ring (bicyclic) bond motifs is 1. The summed E-state index contributed by atoms with van der Waals surface area (Å²) < 4.78 is 57.4. The molecule has 0 aliphatic carbocycles. The van der Waals surface area contributed by atoms with Gasteiger partial charge in [-0.15, -0.1) is 0 Å². The molecule has 0 saturated heterocycles. The van der Waals surface area contributed by atoms with Crippen molar-refractivity contribution in [2.45, 2.75) is 59.4 Å². The van der Waals surface area contributed by atoms with Crippen molar-refractivity contribution in [3.8, 4) is 17.2 Å². The number of phosphoric ester groups is 1. The number of rotatable bonds is 17. The number of quaternary nitrogens is 1. The standard InChI is InChI=1S/C36H48F2N5O8P/c1-23(2)20-42-30-17-28(34(15-25(30)18-41-42)51-33-11-9-27(37)16-29(33)38)35(45)39-12-13-43(6,7)21-26-14-24(31(44)19-40-36(3,4)5)8-10-32(26)49-22-50-52(46,47)48/h8-11,14-18,23,31,40,44H,12-13,19-22H2,1-7H3,(H2-,39,45,46,47,48)/p+1. The Balaban J connectivity index is 1.54. The zero-order chi connectivity index (χ0) is 38.4. The number of carbonyl (C=O) groups excluding carboxylic acids is 1. The van der Waals surface area contributed by atoms with Crippen molar-refractivity contribution in [1.29, 1.82) is 0 Å². The highest BCUT2D eigenvalue weighted by Crippen LogP contribution is 2.36. The number of hydrogen-bond acceptors (Lipinski definition) is 8. The first-order valence-electron chi connectivity index (χ1n) is 16.8. The summed E-state index contributed by atoms with van der Waals surface area (Å²) in [6.07, 6.45) is 0.792. The average molecular weight is 749 g/mol. The zero-order valence-electron chi connectivity index (χ0n) is 30.5. The van der Waals surface area contributed by atoms with Gasteiger partial charge in [-0.05, 0) is 68.7 Å². The van der Waals surface area contributed by atoms with Crippen LogP contribution in [0.1, 0.15) is 62.2 Å². The van der Waals surface area contributed by atoms with Crippen LogP contribution in [-0.2, 0) is 22.2 Å². The molecule has 0 aliphatic rings. The third-order valence-electron chi connectivity index (χ3n) is 7.97. The first kappa shape index (κ1) is 40.8. The molecule has 1 heterocycles. The lowest BCUT2D eigenvalue weighted by Gasteiger charge is -2.31. The van der Waals surface area contributed by atoms with Gasteiger partial charge >= 0.3 is 7.82 Å². The summed E-state index contributed by atoms with van der Waals surface area (Å²) in [7, 11) is -0.920. The molecule has 0 saturated carbocycles. The molecular weight excluding hydrogens is 699 g/mol. The molecule has 0 bridgehead atoms. The molecule has 4 aromatic rings. The lowest BCUT2D eigenvalue weighted by molar-refractivity contribution is -0.902. The van der Waals surface area contributed by atoms with Gasteiger partial charge in [-0.25, -0.2) is 17.9 Å². The van der Waals surface area contributed by atoms with Crippen LogP contribution in [-0.4, -0.2) is 81.1 Å². The number of amides is 1. The first-order valence-corrected chi connectivity index (χ1v) is 18.3. The number of aliphatic hydroxyl groups excluding tert-OH is 1. The van der Waals surface area contributed by atoms with Gasteiger partial charge in [-0.2, -0.15) is 5.10 Å².